The van der Waals surface area contributed by atoms with Crippen LogP contribution >= 0.6 is 0 Å². The highest BCUT2D eigenvalue weighted by molar-refractivity contribution is 5.87. The first-order valence-electron chi connectivity index (χ1n) is 5.44. The predicted octanol–water partition coefficient (Wildman–Crippen LogP) is 0.734. The average Bonchev–Trinajstić information content (AvgIpc) is 2.34. The van der Waals surface area contributed by atoms with Gasteiger partial charge in [0.2, 0.25) is 0 Å². The van der Waals surface area contributed by atoms with Crippen molar-refractivity contribution in [1.29, 1.82) is 0 Å². The maximum absolute atomic E-state index is 10.7. The minimum Gasteiger partial charge on any atom is -0.492 e. The summed E-state index contributed by atoms with van der Waals surface area (Å²) in [6.45, 7) is 2.96. The van der Waals surface area contributed by atoms with Crippen LogP contribution in [0.3, 0.4) is 0 Å². The van der Waals surface area contributed by atoms with Crippen molar-refractivity contribution in [2.45, 2.75) is 13.0 Å². The van der Waals surface area contributed by atoms with Gasteiger partial charge in [0, 0.05) is 12.6 Å². The van der Waals surface area contributed by atoms with E-state index in [4.69, 9.17) is 14.9 Å². The van der Waals surface area contributed by atoms with Gasteiger partial charge in [0.25, 0.3) is 0 Å². The largest absolute Gasteiger partial charge is 0.492 e. The third-order valence-corrected chi connectivity index (χ3v) is 2.22. The maximum atomic E-state index is 10.7. The minimum absolute atomic E-state index is 0.0314. The molecule has 0 aromatic heterocycles. The molecule has 0 aliphatic carbocycles. The highest BCUT2D eigenvalue weighted by Gasteiger charge is 2.03. The molecule has 0 aliphatic rings. The summed E-state index contributed by atoms with van der Waals surface area (Å²) in [5, 5.41) is 20.6. The molecule has 0 amide bonds. The van der Waals surface area contributed by atoms with E-state index in [1.807, 2.05) is 6.92 Å². The maximum Gasteiger partial charge on any atom is 0.335 e. The molecule has 1 aromatic rings. The highest BCUT2D eigenvalue weighted by atomic mass is 16.5. The van der Waals surface area contributed by atoms with E-state index in [1.165, 1.54) is 12.1 Å². The average molecular weight is 239 g/mol. The normalized spacial score (nSPS) is 12.1. The molecule has 0 radical (unpaired) electrons. The Morgan fingerprint density at radius 2 is 2.29 bits per heavy atom. The molecule has 0 saturated carbocycles. The second kappa shape index (κ2) is 6.88. The second-order valence-electron chi connectivity index (χ2n) is 3.72. The molecule has 0 spiro atoms. The first-order chi connectivity index (χ1) is 8.13. The molecule has 0 heterocycles. The van der Waals surface area contributed by atoms with Crippen LogP contribution in [-0.4, -0.2) is 42.0 Å². The topological polar surface area (TPSA) is 78.8 Å². The van der Waals surface area contributed by atoms with Crippen molar-refractivity contribution in [2.75, 3.05) is 19.8 Å². The molecular formula is C12H17NO4. The van der Waals surface area contributed by atoms with Crippen LogP contribution in [-0.2, 0) is 0 Å². The fourth-order valence-electron chi connectivity index (χ4n) is 1.26. The summed E-state index contributed by atoms with van der Waals surface area (Å²) < 4.78 is 5.38. The quantitative estimate of drug-likeness (QED) is 0.611. The van der Waals surface area contributed by atoms with E-state index in [1.54, 1.807) is 12.1 Å². The van der Waals surface area contributed by atoms with Crippen molar-refractivity contribution < 1.29 is 19.7 Å². The summed E-state index contributed by atoms with van der Waals surface area (Å²) in [5.74, 6) is -0.439. The van der Waals surface area contributed by atoms with Gasteiger partial charge in [-0.05, 0) is 25.1 Å². The van der Waals surface area contributed by atoms with E-state index in [0.717, 1.165) is 0 Å². The second-order valence-corrected chi connectivity index (χ2v) is 3.72. The van der Waals surface area contributed by atoms with Gasteiger partial charge in [-0.3, -0.25) is 0 Å². The molecule has 17 heavy (non-hydrogen) atoms. The van der Waals surface area contributed by atoms with Crippen molar-refractivity contribution in [3.8, 4) is 5.75 Å². The van der Waals surface area contributed by atoms with Gasteiger partial charge in [-0.1, -0.05) is 6.07 Å². The molecular weight excluding hydrogens is 222 g/mol. The lowest BCUT2D eigenvalue weighted by atomic mass is 10.2. The van der Waals surface area contributed by atoms with Crippen LogP contribution in [0.15, 0.2) is 24.3 Å². The zero-order valence-electron chi connectivity index (χ0n) is 9.72. The van der Waals surface area contributed by atoms with E-state index >= 15 is 0 Å². The van der Waals surface area contributed by atoms with Crippen molar-refractivity contribution in [2.24, 2.45) is 0 Å². The van der Waals surface area contributed by atoms with E-state index in [0.29, 0.717) is 18.9 Å². The molecule has 0 fully saturated rings. The lowest BCUT2D eigenvalue weighted by Gasteiger charge is -2.11. The Morgan fingerprint density at radius 3 is 2.94 bits per heavy atom. The van der Waals surface area contributed by atoms with Crippen molar-refractivity contribution in [1.82, 2.24) is 5.32 Å². The molecule has 1 rings (SSSR count). The summed E-state index contributed by atoms with van der Waals surface area (Å²) >= 11 is 0. The van der Waals surface area contributed by atoms with Gasteiger partial charge < -0.3 is 20.3 Å². The number of carboxylic acids is 1. The lowest BCUT2D eigenvalue weighted by molar-refractivity contribution is 0.0696. The smallest absolute Gasteiger partial charge is 0.335 e. The van der Waals surface area contributed by atoms with Crippen LogP contribution in [0.2, 0.25) is 0 Å². The molecule has 5 heteroatoms. The third kappa shape index (κ3) is 4.84. The first kappa shape index (κ1) is 13.5. The minimum atomic E-state index is -0.970. The standard InChI is InChI=1S/C12H17NO4/c1-9(8-14)13-5-6-17-11-4-2-3-10(7-11)12(15)16/h2-4,7,9,13-14H,5-6,8H2,1H3,(H,15,16). The van der Waals surface area contributed by atoms with Crippen LogP contribution in [0, 0.1) is 0 Å². The molecule has 0 bridgehead atoms. The Balaban J connectivity index is 2.36. The summed E-state index contributed by atoms with van der Waals surface area (Å²) in [6.07, 6.45) is 0. The van der Waals surface area contributed by atoms with E-state index in [2.05, 4.69) is 5.32 Å². The van der Waals surface area contributed by atoms with Gasteiger partial charge in [-0.15, -0.1) is 0 Å². The number of aliphatic hydroxyl groups excluding tert-OH is 1. The summed E-state index contributed by atoms with van der Waals surface area (Å²) in [7, 11) is 0. The number of aliphatic hydroxyl groups is 1. The summed E-state index contributed by atoms with van der Waals surface area (Å²) in [5.41, 5.74) is 0.208. The Morgan fingerprint density at radius 1 is 1.53 bits per heavy atom. The van der Waals surface area contributed by atoms with Gasteiger partial charge >= 0.3 is 5.97 Å². The molecule has 0 aliphatic heterocycles. The molecule has 0 saturated heterocycles. The highest BCUT2D eigenvalue weighted by Crippen LogP contribution is 2.12. The van der Waals surface area contributed by atoms with Crippen molar-refractivity contribution in [3.05, 3.63) is 29.8 Å². The zero-order valence-corrected chi connectivity index (χ0v) is 9.72. The molecule has 1 aromatic carbocycles. The number of carboxylic acid groups (broad SMARTS) is 1. The summed E-state index contributed by atoms with van der Waals surface area (Å²) in [6, 6.07) is 6.38. The Kier molecular flexibility index (Phi) is 5.45. The number of ether oxygens (including phenoxy) is 1. The number of hydrogen-bond donors (Lipinski definition) is 3. The monoisotopic (exact) mass is 239 g/mol. The first-order valence-corrected chi connectivity index (χ1v) is 5.44. The van der Waals surface area contributed by atoms with Crippen LogP contribution in [0.1, 0.15) is 17.3 Å². The van der Waals surface area contributed by atoms with Crippen LogP contribution in [0.4, 0.5) is 0 Å². The van der Waals surface area contributed by atoms with Crippen LogP contribution < -0.4 is 10.1 Å². The van der Waals surface area contributed by atoms with E-state index in [-0.39, 0.29) is 18.2 Å². The van der Waals surface area contributed by atoms with Crippen molar-refractivity contribution in [3.63, 3.8) is 0 Å². The number of benzene rings is 1. The number of nitrogens with one attached hydrogen (secondary N) is 1. The third-order valence-electron chi connectivity index (χ3n) is 2.22. The SMILES string of the molecule is CC(CO)NCCOc1cccc(C(=O)O)c1. The van der Waals surface area contributed by atoms with Crippen LogP contribution in [0.25, 0.3) is 0 Å². The molecule has 1 unspecified atom stereocenters. The summed E-state index contributed by atoms with van der Waals surface area (Å²) in [4.78, 5) is 10.7. The lowest BCUT2D eigenvalue weighted by Crippen LogP contribution is -2.32. The molecule has 5 nitrogen and oxygen atoms in total. The Labute approximate surface area is 100 Å². The fourth-order valence-corrected chi connectivity index (χ4v) is 1.26. The Hall–Kier alpha value is -1.59. The number of carbonyl (C=O) groups is 1. The van der Waals surface area contributed by atoms with E-state index in [9.17, 15) is 4.79 Å². The number of hydrogen-bond acceptors (Lipinski definition) is 4. The molecule has 94 valence electrons. The van der Waals surface area contributed by atoms with E-state index < -0.39 is 5.97 Å². The number of aromatic carboxylic acids is 1. The van der Waals surface area contributed by atoms with Crippen LogP contribution in [0.5, 0.6) is 5.75 Å². The zero-order chi connectivity index (χ0) is 12.7. The van der Waals surface area contributed by atoms with Gasteiger partial charge in [0.15, 0.2) is 0 Å². The fraction of sp³-hybridized carbons (Fsp3) is 0.417. The number of rotatable bonds is 7. The molecule has 1 atom stereocenters. The van der Waals surface area contributed by atoms with Gasteiger partial charge in [0.05, 0.1) is 12.2 Å². The van der Waals surface area contributed by atoms with Crippen molar-refractivity contribution >= 4 is 5.97 Å². The van der Waals surface area contributed by atoms with Gasteiger partial charge in [-0.25, -0.2) is 4.79 Å². The Bertz CT molecular complexity index is 367. The predicted molar refractivity (Wildman–Crippen MR) is 63.4 cm³/mol. The van der Waals surface area contributed by atoms with Gasteiger partial charge in [-0.2, -0.15) is 0 Å². The molecule has 3 N–H and O–H groups in total. The van der Waals surface area contributed by atoms with Gasteiger partial charge in [0.1, 0.15) is 12.4 Å².